The monoisotopic (exact) mass is 342 g/mol. The minimum absolute atomic E-state index is 0.190. The van der Waals surface area contributed by atoms with E-state index in [1.807, 2.05) is 0 Å². The van der Waals surface area contributed by atoms with Gasteiger partial charge < -0.3 is 14.6 Å². The summed E-state index contributed by atoms with van der Waals surface area (Å²) in [5.41, 5.74) is 0.190. The van der Waals surface area contributed by atoms with Crippen molar-refractivity contribution >= 4 is 11.9 Å². The van der Waals surface area contributed by atoms with Crippen LogP contribution in [0.4, 0.5) is 0 Å². The SMILES string of the molecule is C=C(C)C(=O)OC(OC(=O)CCCCCCCCCCC)C(C)O. The number of rotatable bonds is 14. The molecule has 0 aliphatic rings. The molecule has 1 N–H and O–H groups in total. The Morgan fingerprint density at radius 1 is 0.958 bits per heavy atom. The van der Waals surface area contributed by atoms with E-state index in [0.29, 0.717) is 0 Å². The van der Waals surface area contributed by atoms with E-state index in [2.05, 4.69) is 13.5 Å². The number of aliphatic hydroxyl groups excluding tert-OH is 1. The number of unbranched alkanes of at least 4 members (excludes halogenated alkanes) is 8. The summed E-state index contributed by atoms with van der Waals surface area (Å²) in [5, 5.41) is 9.54. The van der Waals surface area contributed by atoms with Crippen molar-refractivity contribution < 1.29 is 24.2 Å². The Bertz CT molecular complexity index is 376. The Hall–Kier alpha value is -1.36. The molecule has 5 nitrogen and oxygen atoms in total. The molecule has 0 spiro atoms. The summed E-state index contributed by atoms with van der Waals surface area (Å²) in [6, 6.07) is 0. The van der Waals surface area contributed by atoms with Crippen LogP contribution in [-0.2, 0) is 19.1 Å². The summed E-state index contributed by atoms with van der Waals surface area (Å²) in [6.45, 7) is 8.56. The molecule has 0 radical (unpaired) electrons. The van der Waals surface area contributed by atoms with Crippen LogP contribution in [0.5, 0.6) is 0 Å². The smallest absolute Gasteiger partial charge is 0.336 e. The Labute approximate surface area is 146 Å². The van der Waals surface area contributed by atoms with Gasteiger partial charge in [-0.15, -0.1) is 0 Å². The van der Waals surface area contributed by atoms with Crippen LogP contribution < -0.4 is 0 Å². The quantitative estimate of drug-likeness (QED) is 0.221. The van der Waals surface area contributed by atoms with Gasteiger partial charge in [-0.25, -0.2) is 4.79 Å². The van der Waals surface area contributed by atoms with Crippen LogP contribution >= 0.6 is 0 Å². The fourth-order valence-corrected chi connectivity index (χ4v) is 2.20. The molecule has 0 saturated heterocycles. The van der Waals surface area contributed by atoms with E-state index >= 15 is 0 Å². The minimum Gasteiger partial charge on any atom is -0.422 e. The maximum Gasteiger partial charge on any atom is 0.336 e. The van der Waals surface area contributed by atoms with Crippen LogP contribution in [0.25, 0.3) is 0 Å². The average Bonchev–Trinajstić information content (AvgIpc) is 2.52. The average molecular weight is 342 g/mol. The van der Waals surface area contributed by atoms with Crippen molar-refractivity contribution in [3.05, 3.63) is 12.2 Å². The van der Waals surface area contributed by atoms with E-state index in [4.69, 9.17) is 9.47 Å². The van der Waals surface area contributed by atoms with Gasteiger partial charge in [0.2, 0.25) is 0 Å². The molecule has 0 aromatic carbocycles. The lowest BCUT2D eigenvalue weighted by Crippen LogP contribution is -2.34. The van der Waals surface area contributed by atoms with E-state index in [9.17, 15) is 14.7 Å². The number of carbonyl (C=O) groups excluding carboxylic acids is 2. The van der Waals surface area contributed by atoms with Gasteiger partial charge in [0.05, 0.1) is 0 Å². The predicted octanol–water partition coefficient (Wildman–Crippen LogP) is 4.28. The first-order valence-electron chi connectivity index (χ1n) is 9.12. The van der Waals surface area contributed by atoms with E-state index < -0.39 is 24.3 Å². The molecule has 0 fully saturated rings. The van der Waals surface area contributed by atoms with Crippen molar-refractivity contribution in [2.75, 3.05) is 0 Å². The molecule has 140 valence electrons. The molecule has 0 aliphatic carbocycles. The molecule has 0 bridgehead atoms. The van der Waals surface area contributed by atoms with Gasteiger partial charge in [0.25, 0.3) is 6.29 Å². The molecular formula is C19H34O5. The van der Waals surface area contributed by atoms with Crippen LogP contribution in [0.3, 0.4) is 0 Å². The molecule has 0 aromatic heterocycles. The first kappa shape index (κ1) is 22.6. The third-order valence-corrected chi connectivity index (χ3v) is 3.70. The highest BCUT2D eigenvalue weighted by Gasteiger charge is 2.24. The Morgan fingerprint density at radius 2 is 1.46 bits per heavy atom. The van der Waals surface area contributed by atoms with Gasteiger partial charge in [-0.1, -0.05) is 64.9 Å². The summed E-state index contributed by atoms with van der Waals surface area (Å²) in [4.78, 5) is 23.2. The summed E-state index contributed by atoms with van der Waals surface area (Å²) in [6.07, 6.45) is 8.38. The third-order valence-electron chi connectivity index (χ3n) is 3.70. The molecule has 0 aliphatic heterocycles. The van der Waals surface area contributed by atoms with Crippen LogP contribution in [0, 0.1) is 0 Å². The summed E-state index contributed by atoms with van der Waals surface area (Å²) in [5.74, 6) is -1.14. The minimum atomic E-state index is -1.28. The van der Waals surface area contributed by atoms with E-state index in [-0.39, 0.29) is 12.0 Å². The highest BCUT2D eigenvalue weighted by atomic mass is 16.7. The van der Waals surface area contributed by atoms with Crippen molar-refractivity contribution in [3.63, 3.8) is 0 Å². The second kappa shape index (κ2) is 14.0. The molecule has 2 unspecified atom stereocenters. The predicted molar refractivity (Wildman–Crippen MR) is 94.3 cm³/mol. The number of esters is 2. The summed E-state index contributed by atoms with van der Waals surface area (Å²) in [7, 11) is 0. The first-order chi connectivity index (χ1) is 11.4. The number of hydrogen-bond acceptors (Lipinski definition) is 5. The number of carbonyl (C=O) groups is 2. The second-order valence-electron chi connectivity index (χ2n) is 6.36. The number of ether oxygens (including phenoxy) is 2. The first-order valence-corrected chi connectivity index (χ1v) is 9.12. The molecule has 2 atom stereocenters. The van der Waals surface area contributed by atoms with Gasteiger partial charge in [0, 0.05) is 12.0 Å². The lowest BCUT2D eigenvalue weighted by molar-refractivity contribution is -0.202. The molecule has 0 saturated carbocycles. The van der Waals surface area contributed by atoms with Gasteiger partial charge >= 0.3 is 11.9 Å². The molecule has 0 aromatic rings. The van der Waals surface area contributed by atoms with Gasteiger partial charge in [-0.3, -0.25) is 4.79 Å². The van der Waals surface area contributed by atoms with Crippen LogP contribution in [0.15, 0.2) is 12.2 Å². The Morgan fingerprint density at radius 3 is 1.92 bits per heavy atom. The van der Waals surface area contributed by atoms with Crippen molar-refractivity contribution in [1.29, 1.82) is 0 Å². The number of aliphatic hydroxyl groups is 1. The maximum absolute atomic E-state index is 11.8. The second-order valence-corrected chi connectivity index (χ2v) is 6.36. The summed E-state index contributed by atoms with van der Waals surface area (Å²) < 4.78 is 9.94. The fourth-order valence-electron chi connectivity index (χ4n) is 2.20. The molecule has 0 amide bonds. The lowest BCUT2D eigenvalue weighted by Gasteiger charge is -2.20. The maximum atomic E-state index is 11.8. The van der Waals surface area contributed by atoms with E-state index in [1.165, 1.54) is 52.4 Å². The zero-order chi connectivity index (χ0) is 18.4. The van der Waals surface area contributed by atoms with E-state index in [0.717, 1.165) is 19.3 Å². The van der Waals surface area contributed by atoms with Crippen LogP contribution in [0.1, 0.15) is 85.0 Å². The Balaban J connectivity index is 3.82. The zero-order valence-electron chi connectivity index (χ0n) is 15.5. The lowest BCUT2D eigenvalue weighted by atomic mass is 10.1. The van der Waals surface area contributed by atoms with Gasteiger partial charge in [0.1, 0.15) is 6.10 Å². The van der Waals surface area contributed by atoms with Gasteiger partial charge in [0.15, 0.2) is 0 Å². The van der Waals surface area contributed by atoms with Crippen molar-refractivity contribution in [1.82, 2.24) is 0 Å². The van der Waals surface area contributed by atoms with Gasteiger partial charge in [-0.05, 0) is 20.3 Å². The van der Waals surface area contributed by atoms with Gasteiger partial charge in [-0.2, -0.15) is 0 Å². The van der Waals surface area contributed by atoms with Crippen molar-refractivity contribution in [2.45, 2.75) is 97.4 Å². The van der Waals surface area contributed by atoms with Crippen molar-refractivity contribution in [2.24, 2.45) is 0 Å². The highest BCUT2D eigenvalue weighted by Crippen LogP contribution is 2.12. The van der Waals surface area contributed by atoms with Crippen LogP contribution in [0.2, 0.25) is 0 Å². The fraction of sp³-hybridized carbons (Fsp3) is 0.789. The normalized spacial score (nSPS) is 13.2. The third kappa shape index (κ3) is 12.1. The molecule has 24 heavy (non-hydrogen) atoms. The van der Waals surface area contributed by atoms with E-state index in [1.54, 1.807) is 0 Å². The zero-order valence-corrected chi connectivity index (χ0v) is 15.5. The standard InChI is InChI=1S/C19H34O5/c1-5-6-7-8-9-10-11-12-13-14-17(21)23-19(16(4)20)24-18(22)15(2)3/h16,19-20H,2,5-14H2,1,3-4H3. The van der Waals surface area contributed by atoms with Crippen molar-refractivity contribution in [3.8, 4) is 0 Å². The van der Waals surface area contributed by atoms with Crippen LogP contribution in [-0.4, -0.2) is 29.4 Å². The number of hydrogen-bond donors (Lipinski definition) is 1. The highest BCUT2D eigenvalue weighted by molar-refractivity contribution is 5.87. The molecule has 0 rings (SSSR count). The Kier molecular flexibility index (Phi) is 13.2. The largest absolute Gasteiger partial charge is 0.422 e. The summed E-state index contributed by atoms with van der Waals surface area (Å²) >= 11 is 0. The molecule has 5 heteroatoms. The molecule has 0 heterocycles. The molecular weight excluding hydrogens is 308 g/mol. The topological polar surface area (TPSA) is 72.8 Å².